The maximum Gasteiger partial charge on any atom is 0.146 e. The number of aromatic nitrogens is 4. The molecule has 96 valence electrons. The van der Waals surface area contributed by atoms with Gasteiger partial charge in [-0.15, -0.1) is 0 Å². The average molecular weight is 311 g/mol. The SMILES string of the molecule is CCc1nn(C)cc1CNc1ncnc(N)c1Br. The van der Waals surface area contributed by atoms with Crippen LogP contribution in [0.2, 0.25) is 0 Å². The van der Waals surface area contributed by atoms with Crippen LogP contribution < -0.4 is 11.1 Å². The van der Waals surface area contributed by atoms with E-state index < -0.39 is 0 Å². The van der Waals surface area contributed by atoms with Crippen LogP contribution >= 0.6 is 15.9 Å². The molecule has 2 aromatic heterocycles. The minimum Gasteiger partial charge on any atom is -0.383 e. The molecule has 18 heavy (non-hydrogen) atoms. The normalized spacial score (nSPS) is 10.6. The van der Waals surface area contributed by atoms with Crippen LogP contribution in [-0.4, -0.2) is 19.7 Å². The van der Waals surface area contributed by atoms with Crippen molar-refractivity contribution in [2.45, 2.75) is 19.9 Å². The Kier molecular flexibility index (Phi) is 3.81. The lowest BCUT2D eigenvalue weighted by molar-refractivity contribution is 0.746. The molecule has 0 aliphatic carbocycles. The smallest absolute Gasteiger partial charge is 0.146 e. The molecule has 7 heteroatoms. The molecule has 0 aliphatic rings. The molecule has 0 amide bonds. The van der Waals surface area contributed by atoms with E-state index in [9.17, 15) is 0 Å². The maximum absolute atomic E-state index is 5.70. The van der Waals surface area contributed by atoms with Gasteiger partial charge in [0.15, 0.2) is 0 Å². The van der Waals surface area contributed by atoms with E-state index in [1.54, 1.807) is 0 Å². The van der Waals surface area contributed by atoms with Crippen molar-refractivity contribution < 1.29 is 0 Å². The van der Waals surface area contributed by atoms with Crippen LogP contribution in [0.3, 0.4) is 0 Å². The molecule has 0 atom stereocenters. The number of anilines is 2. The number of nitrogens with one attached hydrogen (secondary N) is 1. The van der Waals surface area contributed by atoms with Crippen LogP contribution in [0.25, 0.3) is 0 Å². The molecule has 2 rings (SSSR count). The van der Waals surface area contributed by atoms with E-state index >= 15 is 0 Å². The topological polar surface area (TPSA) is 81.7 Å². The van der Waals surface area contributed by atoms with Gasteiger partial charge in [0.1, 0.15) is 22.4 Å². The third-order valence-corrected chi connectivity index (χ3v) is 3.37. The highest BCUT2D eigenvalue weighted by Gasteiger charge is 2.09. The third kappa shape index (κ3) is 2.61. The van der Waals surface area contributed by atoms with Gasteiger partial charge in [-0.1, -0.05) is 6.92 Å². The Bertz CT molecular complexity index is 550. The van der Waals surface area contributed by atoms with Crippen LogP contribution in [0.15, 0.2) is 17.0 Å². The highest BCUT2D eigenvalue weighted by atomic mass is 79.9. The zero-order valence-electron chi connectivity index (χ0n) is 10.3. The molecular formula is C11H15BrN6. The molecule has 0 fully saturated rings. The minimum absolute atomic E-state index is 0.425. The molecule has 0 radical (unpaired) electrons. The lowest BCUT2D eigenvalue weighted by Crippen LogP contribution is -2.05. The van der Waals surface area contributed by atoms with Gasteiger partial charge in [0.25, 0.3) is 0 Å². The quantitative estimate of drug-likeness (QED) is 0.898. The lowest BCUT2D eigenvalue weighted by atomic mass is 10.2. The molecule has 0 unspecified atom stereocenters. The molecule has 0 aliphatic heterocycles. The highest BCUT2D eigenvalue weighted by molar-refractivity contribution is 9.10. The zero-order chi connectivity index (χ0) is 13.1. The lowest BCUT2D eigenvalue weighted by Gasteiger charge is -2.07. The van der Waals surface area contributed by atoms with E-state index in [1.165, 1.54) is 6.33 Å². The standard InChI is InChI=1S/C11H15BrN6/c1-3-8-7(5-18(2)17-8)4-14-11-9(12)10(13)15-6-16-11/h5-6H,3-4H2,1-2H3,(H3,13,14,15,16). The summed E-state index contributed by atoms with van der Waals surface area (Å²) in [4.78, 5) is 8.04. The molecule has 3 N–H and O–H groups in total. The predicted octanol–water partition coefficient (Wildman–Crippen LogP) is 1.73. The van der Waals surface area contributed by atoms with Crippen molar-refractivity contribution in [3.05, 3.63) is 28.3 Å². The Balaban J connectivity index is 2.13. The number of rotatable bonds is 4. The number of halogens is 1. The molecule has 2 heterocycles. The summed E-state index contributed by atoms with van der Waals surface area (Å²) in [5, 5.41) is 7.62. The van der Waals surface area contributed by atoms with Crippen LogP contribution in [0.1, 0.15) is 18.2 Å². The van der Waals surface area contributed by atoms with Gasteiger partial charge >= 0.3 is 0 Å². The summed E-state index contributed by atoms with van der Waals surface area (Å²) in [6, 6.07) is 0. The Morgan fingerprint density at radius 3 is 2.94 bits per heavy atom. The van der Waals surface area contributed by atoms with Crippen molar-refractivity contribution in [2.24, 2.45) is 7.05 Å². The number of nitrogen functional groups attached to an aromatic ring is 1. The molecule has 0 bridgehead atoms. The first-order chi connectivity index (χ1) is 8.61. The molecular weight excluding hydrogens is 296 g/mol. The van der Waals surface area contributed by atoms with Gasteiger partial charge in [-0.3, -0.25) is 4.68 Å². The number of hydrogen-bond acceptors (Lipinski definition) is 5. The molecule has 0 aromatic carbocycles. The fraction of sp³-hybridized carbons (Fsp3) is 0.364. The Labute approximate surface area is 114 Å². The Hall–Kier alpha value is -1.63. The Morgan fingerprint density at radius 1 is 1.44 bits per heavy atom. The summed E-state index contributed by atoms with van der Waals surface area (Å²) in [7, 11) is 1.92. The summed E-state index contributed by atoms with van der Waals surface area (Å²) >= 11 is 3.36. The first-order valence-corrected chi connectivity index (χ1v) is 6.42. The molecule has 0 saturated carbocycles. The summed E-state index contributed by atoms with van der Waals surface area (Å²) in [5.41, 5.74) is 7.94. The second kappa shape index (κ2) is 5.34. The predicted molar refractivity (Wildman–Crippen MR) is 74.1 cm³/mol. The van der Waals surface area contributed by atoms with Gasteiger partial charge in [0.05, 0.1) is 5.69 Å². The molecule has 6 nitrogen and oxygen atoms in total. The van der Waals surface area contributed by atoms with Gasteiger partial charge in [0.2, 0.25) is 0 Å². The van der Waals surface area contributed by atoms with Crippen molar-refractivity contribution in [1.82, 2.24) is 19.7 Å². The fourth-order valence-electron chi connectivity index (χ4n) is 1.71. The summed E-state index contributed by atoms with van der Waals surface area (Å²) in [5.74, 6) is 1.11. The molecule has 0 saturated heterocycles. The highest BCUT2D eigenvalue weighted by Crippen LogP contribution is 2.24. The summed E-state index contributed by atoms with van der Waals surface area (Å²) < 4.78 is 2.51. The van der Waals surface area contributed by atoms with E-state index in [-0.39, 0.29) is 0 Å². The van der Waals surface area contributed by atoms with Crippen molar-refractivity contribution in [3.8, 4) is 0 Å². The van der Waals surface area contributed by atoms with E-state index in [4.69, 9.17) is 5.73 Å². The maximum atomic E-state index is 5.70. The van der Waals surface area contributed by atoms with Crippen molar-refractivity contribution in [2.75, 3.05) is 11.1 Å². The first-order valence-electron chi connectivity index (χ1n) is 5.63. The van der Waals surface area contributed by atoms with Crippen LogP contribution in [-0.2, 0) is 20.0 Å². The number of nitrogens with two attached hydrogens (primary N) is 1. The average Bonchev–Trinajstić information content (AvgIpc) is 2.71. The van der Waals surface area contributed by atoms with Crippen molar-refractivity contribution >= 4 is 27.6 Å². The largest absolute Gasteiger partial charge is 0.383 e. The van der Waals surface area contributed by atoms with Crippen LogP contribution in [0, 0.1) is 0 Å². The third-order valence-electron chi connectivity index (χ3n) is 2.59. The van der Waals surface area contributed by atoms with E-state index in [0.717, 1.165) is 17.7 Å². The van der Waals surface area contributed by atoms with Crippen LogP contribution in [0.4, 0.5) is 11.6 Å². The summed E-state index contributed by atoms with van der Waals surface area (Å²) in [6.07, 6.45) is 4.35. The van der Waals surface area contributed by atoms with Crippen LogP contribution in [0.5, 0.6) is 0 Å². The molecule has 0 spiro atoms. The summed E-state index contributed by atoms with van der Waals surface area (Å²) in [6.45, 7) is 2.75. The van der Waals surface area contributed by atoms with Gasteiger partial charge < -0.3 is 11.1 Å². The minimum atomic E-state index is 0.425. The first kappa shape index (κ1) is 12.8. The van der Waals surface area contributed by atoms with Gasteiger partial charge in [-0.05, 0) is 22.4 Å². The van der Waals surface area contributed by atoms with Gasteiger partial charge in [0, 0.05) is 25.4 Å². The number of hydrogen-bond donors (Lipinski definition) is 2. The number of nitrogens with zero attached hydrogens (tertiary/aromatic N) is 4. The second-order valence-electron chi connectivity index (χ2n) is 3.90. The zero-order valence-corrected chi connectivity index (χ0v) is 11.9. The van der Waals surface area contributed by atoms with E-state index in [1.807, 2.05) is 17.9 Å². The Morgan fingerprint density at radius 2 is 2.22 bits per heavy atom. The fourth-order valence-corrected chi connectivity index (χ4v) is 2.06. The number of aryl methyl sites for hydroxylation is 2. The second-order valence-corrected chi connectivity index (χ2v) is 4.70. The monoisotopic (exact) mass is 310 g/mol. The van der Waals surface area contributed by atoms with E-state index in [2.05, 4.69) is 43.2 Å². The van der Waals surface area contributed by atoms with Crippen molar-refractivity contribution in [1.29, 1.82) is 0 Å². The van der Waals surface area contributed by atoms with Gasteiger partial charge in [-0.25, -0.2) is 9.97 Å². The van der Waals surface area contributed by atoms with E-state index in [0.29, 0.717) is 22.7 Å². The molecule has 2 aromatic rings. The van der Waals surface area contributed by atoms with Crippen molar-refractivity contribution in [3.63, 3.8) is 0 Å². The van der Waals surface area contributed by atoms with Gasteiger partial charge in [-0.2, -0.15) is 5.10 Å².